The summed E-state index contributed by atoms with van der Waals surface area (Å²) in [6.45, 7) is 0.956. The van der Waals surface area contributed by atoms with E-state index in [4.69, 9.17) is 0 Å². The van der Waals surface area contributed by atoms with E-state index in [1.54, 1.807) is 5.01 Å². The molecule has 0 atom stereocenters. The van der Waals surface area contributed by atoms with Gasteiger partial charge in [-0.1, -0.05) is 0 Å². The Hall–Kier alpha value is -0.460. The van der Waals surface area contributed by atoms with Gasteiger partial charge in [-0.3, -0.25) is 4.79 Å². The van der Waals surface area contributed by atoms with Gasteiger partial charge in [-0.05, 0) is 0 Å². The number of hydrogen-bond donors (Lipinski definition) is 1. The Kier molecular flexibility index (Phi) is 2.81. The lowest BCUT2D eigenvalue weighted by atomic mass is 10.1. The van der Waals surface area contributed by atoms with Gasteiger partial charge in [-0.2, -0.15) is 0 Å². The van der Waals surface area contributed by atoms with E-state index in [1.807, 2.05) is 0 Å². The molecular formula is C6H12N2O3S. The van der Waals surface area contributed by atoms with Crippen molar-refractivity contribution in [2.45, 2.75) is 12.8 Å². The standard InChI is InChI=1S/C6H12N2O3S/c1-12(10,11)7-8-4-2-6(9)3-5-8/h7H,2-5H2,1H3. The maximum Gasteiger partial charge on any atom is 0.221 e. The van der Waals surface area contributed by atoms with E-state index in [0.717, 1.165) is 6.26 Å². The normalized spacial score (nSPS) is 21.2. The van der Waals surface area contributed by atoms with Gasteiger partial charge in [0.1, 0.15) is 5.78 Å². The van der Waals surface area contributed by atoms with Crippen molar-refractivity contribution in [3.63, 3.8) is 0 Å². The first-order valence-corrected chi connectivity index (χ1v) is 5.60. The third-order valence-corrected chi connectivity index (χ3v) is 2.21. The second kappa shape index (κ2) is 3.51. The average molecular weight is 192 g/mol. The average Bonchev–Trinajstić information content (AvgIpc) is 1.91. The number of piperidine rings is 1. The molecular weight excluding hydrogens is 180 g/mol. The van der Waals surface area contributed by atoms with Crippen LogP contribution < -0.4 is 4.83 Å². The molecule has 0 bridgehead atoms. The van der Waals surface area contributed by atoms with Gasteiger partial charge >= 0.3 is 0 Å². The third-order valence-electron chi connectivity index (χ3n) is 1.62. The molecule has 6 heteroatoms. The predicted molar refractivity (Wildman–Crippen MR) is 43.8 cm³/mol. The number of nitrogens with one attached hydrogen (secondary N) is 1. The zero-order valence-corrected chi connectivity index (χ0v) is 7.73. The van der Waals surface area contributed by atoms with E-state index < -0.39 is 10.0 Å². The summed E-state index contributed by atoms with van der Waals surface area (Å²) in [5, 5.41) is 1.55. The molecule has 1 aliphatic rings. The molecule has 1 saturated heterocycles. The van der Waals surface area contributed by atoms with Crippen LogP contribution in [0, 0.1) is 0 Å². The number of nitrogens with zero attached hydrogens (tertiary/aromatic N) is 1. The summed E-state index contributed by atoms with van der Waals surface area (Å²) in [4.78, 5) is 13.1. The lowest BCUT2D eigenvalue weighted by Gasteiger charge is -2.24. The van der Waals surface area contributed by atoms with Crippen molar-refractivity contribution in [3.8, 4) is 0 Å². The monoisotopic (exact) mass is 192 g/mol. The maximum atomic E-state index is 10.8. The fourth-order valence-electron chi connectivity index (χ4n) is 1.08. The van der Waals surface area contributed by atoms with E-state index in [0.29, 0.717) is 25.9 Å². The van der Waals surface area contributed by atoms with Crippen LogP contribution in [0.25, 0.3) is 0 Å². The molecule has 70 valence electrons. The van der Waals surface area contributed by atoms with Crippen molar-refractivity contribution in [2.75, 3.05) is 19.3 Å². The smallest absolute Gasteiger partial charge is 0.221 e. The van der Waals surface area contributed by atoms with Crippen LogP contribution in [0.3, 0.4) is 0 Å². The van der Waals surface area contributed by atoms with Crippen LogP contribution >= 0.6 is 0 Å². The highest BCUT2D eigenvalue weighted by molar-refractivity contribution is 7.88. The van der Waals surface area contributed by atoms with Crippen LogP contribution in [-0.4, -0.2) is 38.6 Å². The number of Topliss-reactive ketones (excluding diaryl/α,β-unsaturated/α-hetero) is 1. The number of hydrogen-bond acceptors (Lipinski definition) is 4. The second-order valence-electron chi connectivity index (χ2n) is 2.89. The SMILES string of the molecule is CS(=O)(=O)NN1CCC(=O)CC1. The van der Waals surface area contributed by atoms with Gasteiger partial charge in [-0.25, -0.2) is 13.4 Å². The van der Waals surface area contributed by atoms with Crippen LogP contribution in [0.15, 0.2) is 0 Å². The van der Waals surface area contributed by atoms with Gasteiger partial charge in [0.05, 0.1) is 6.26 Å². The number of rotatable bonds is 2. The molecule has 0 spiro atoms. The summed E-state index contributed by atoms with van der Waals surface area (Å²) in [5.74, 6) is 0.196. The zero-order chi connectivity index (χ0) is 9.19. The Bertz CT molecular complexity index is 263. The van der Waals surface area contributed by atoms with Crippen LogP contribution in [0.2, 0.25) is 0 Å². The Balaban J connectivity index is 2.41. The lowest BCUT2D eigenvalue weighted by molar-refractivity contribution is -0.121. The number of sulfonamides is 1. The first kappa shape index (κ1) is 9.63. The molecule has 12 heavy (non-hydrogen) atoms. The number of carbonyl (C=O) groups excluding carboxylic acids is 1. The highest BCUT2D eigenvalue weighted by Gasteiger charge is 2.17. The van der Waals surface area contributed by atoms with Crippen LogP contribution in [0.4, 0.5) is 0 Å². The predicted octanol–water partition coefficient (Wildman–Crippen LogP) is -0.885. The molecule has 0 aromatic heterocycles. The van der Waals surface area contributed by atoms with Gasteiger partial charge in [0.25, 0.3) is 0 Å². The molecule has 1 fully saturated rings. The molecule has 0 amide bonds. The summed E-state index contributed by atoms with van der Waals surface area (Å²) in [5.41, 5.74) is 0. The molecule has 1 heterocycles. The lowest BCUT2D eigenvalue weighted by Crippen LogP contribution is -2.46. The van der Waals surface area contributed by atoms with Crippen molar-refractivity contribution in [2.24, 2.45) is 0 Å². The first-order valence-electron chi connectivity index (χ1n) is 3.71. The molecule has 0 unspecified atom stereocenters. The second-order valence-corrected chi connectivity index (χ2v) is 4.62. The van der Waals surface area contributed by atoms with Crippen LogP contribution in [0.5, 0.6) is 0 Å². The van der Waals surface area contributed by atoms with Crippen LogP contribution in [-0.2, 0) is 14.8 Å². The van der Waals surface area contributed by atoms with Gasteiger partial charge in [0.2, 0.25) is 10.0 Å². The van der Waals surface area contributed by atoms with E-state index in [1.165, 1.54) is 0 Å². The Labute approximate surface area is 71.8 Å². The number of ketones is 1. The Morgan fingerprint density at radius 1 is 1.33 bits per heavy atom. The van der Waals surface area contributed by atoms with E-state index in [9.17, 15) is 13.2 Å². The highest BCUT2D eigenvalue weighted by atomic mass is 32.2. The minimum Gasteiger partial charge on any atom is -0.300 e. The van der Waals surface area contributed by atoms with Gasteiger partial charge < -0.3 is 0 Å². The maximum absolute atomic E-state index is 10.8. The largest absolute Gasteiger partial charge is 0.300 e. The van der Waals surface area contributed by atoms with Crippen LogP contribution in [0.1, 0.15) is 12.8 Å². The molecule has 5 nitrogen and oxygen atoms in total. The van der Waals surface area contributed by atoms with Crippen molar-refractivity contribution in [1.82, 2.24) is 9.84 Å². The molecule has 0 radical (unpaired) electrons. The fraction of sp³-hybridized carbons (Fsp3) is 0.833. The molecule has 0 saturated carbocycles. The topological polar surface area (TPSA) is 66.5 Å². The third kappa shape index (κ3) is 3.29. The van der Waals surface area contributed by atoms with Gasteiger partial charge in [0, 0.05) is 25.9 Å². The zero-order valence-electron chi connectivity index (χ0n) is 6.91. The summed E-state index contributed by atoms with van der Waals surface area (Å²) >= 11 is 0. The number of carbonyl (C=O) groups is 1. The molecule has 0 aromatic carbocycles. The van der Waals surface area contributed by atoms with Gasteiger partial charge in [-0.15, -0.1) is 4.83 Å². The van der Waals surface area contributed by atoms with E-state index in [-0.39, 0.29) is 5.78 Å². The Morgan fingerprint density at radius 3 is 2.25 bits per heavy atom. The van der Waals surface area contributed by atoms with Gasteiger partial charge in [0.15, 0.2) is 0 Å². The minimum atomic E-state index is -3.18. The fourth-order valence-corrected chi connectivity index (χ4v) is 1.73. The molecule has 0 aromatic rings. The first-order chi connectivity index (χ1) is 5.47. The summed E-state index contributed by atoms with van der Waals surface area (Å²) < 4.78 is 21.5. The molecule has 1 aliphatic heterocycles. The van der Waals surface area contributed by atoms with Crippen molar-refractivity contribution < 1.29 is 13.2 Å². The quantitative estimate of drug-likeness (QED) is 0.616. The van der Waals surface area contributed by atoms with Crippen molar-refractivity contribution >= 4 is 15.8 Å². The molecule has 1 rings (SSSR count). The number of hydrazine groups is 1. The summed E-state index contributed by atoms with van der Waals surface area (Å²) in [6, 6.07) is 0. The van der Waals surface area contributed by atoms with Crippen molar-refractivity contribution in [3.05, 3.63) is 0 Å². The Morgan fingerprint density at radius 2 is 1.83 bits per heavy atom. The van der Waals surface area contributed by atoms with E-state index >= 15 is 0 Å². The summed E-state index contributed by atoms with van der Waals surface area (Å²) in [7, 11) is -3.18. The van der Waals surface area contributed by atoms with Crippen molar-refractivity contribution in [1.29, 1.82) is 0 Å². The molecule has 0 aliphatic carbocycles. The van der Waals surface area contributed by atoms with E-state index in [2.05, 4.69) is 4.83 Å². The minimum absolute atomic E-state index is 0.196. The summed E-state index contributed by atoms with van der Waals surface area (Å²) in [6.07, 6.45) is 1.97. The highest BCUT2D eigenvalue weighted by Crippen LogP contribution is 2.02. The molecule has 1 N–H and O–H groups in total.